The average Bonchev–Trinajstić information content (AvgIpc) is 2.59. The molecule has 3 heteroatoms. The van der Waals surface area contributed by atoms with Gasteiger partial charge in [0.2, 0.25) is 0 Å². The van der Waals surface area contributed by atoms with Gasteiger partial charge in [0.1, 0.15) is 0 Å². The first-order chi connectivity index (χ1) is 7.22. The van der Waals surface area contributed by atoms with Gasteiger partial charge in [-0.15, -0.1) is 0 Å². The van der Waals surface area contributed by atoms with Crippen LogP contribution in [0, 0.1) is 5.92 Å². The molecule has 0 fully saturated rings. The minimum Gasteiger partial charge on any atom is -0.319 e. The van der Waals surface area contributed by atoms with E-state index in [1.807, 2.05) is 17.9 Å². The van der Waals surface area contributed by atoms with Crippen LogP contribution in [-0.4, -0.2) is 23.4 Å². The van der Waals surface area contributed by atoms with Gasteiger partial charge in [-0.2, -0.15) is 5.10 Å². The standard InChI is InChI=1S/C12H21N3/c1-11(2)9-15-10-12(8-14-15)6-4-5-7-13-3/h4,6,8,10-11,13H,5,7,9H2,1-3H3. The number of nitrogens with one attached hydrogen (secondary N) is 1. The molecule has 84 valence electrons. The lowest BCUT2D eigenvalue weighted by Crippen LogP contribution is -2.05. The fourth-order valence-electron chi connectivity index (χ4n) is 1.39. The van der Waals surface area contributed by atoms with Crippen molar-refractivity contribution >= 4 is 6.08 Å². The minimum atomic E-state index is 0.644. The molecule has 0 unspecified atom stereocenters. The van der Waals surface area contributed by atoms with Crippen LogP contribution in [-0.2, 0) is 6.54 Å². The van der Waals surface area contributed by atoms with Gasteiger partial charge in [0.15, 0.2) is 0 Å². The zero-order valence-corrected chi connectivity index (χ0v) is 9.90. The van der Waals surface area contributed by atoms with E-state index in [0.29, 0.717) is 5.92 Å². The van der Waals surface area contributed by atoms with E-state index in [-0.39, 0.29) is 0 Å². The van der Waals surface area contributed by atoms with E-state index >= 15 is 0 Å². The van der Waals surface area contributed by atoms with Gasteiger partial charge in [0.25, 0.3) is 0 Å². The van der Waals surface area contributed by atoms with Gasteiger partial charge in [0.05, 0.1) is 6.20 Å². The number of nitrogens with zero attached hydrogens (tertiary/aromatic N) is 2. The van der Waals surface area contributed by atoms with Gasteiger partial charge in [-0.05, 0) is 25.9 Å². The van der Waals surface area contributed by atoms with Crippen LogP contribution in [0.25, 0.3) is 6.08 Å². The van der Waals surface area contributed by atoms with Crippen LogP contribution >= 0.6 is 0 Å². The highest BCUT2D eigenvalue weighted by atomic mass is 15.3. The Morgan fingerprint density at radius 1 is 1.53 bits per heavy atom. The Balaban J connectivity index is 2.42. The predicted octanol–water partition coefficient (Wildman–Crippen LogP) is 2.16. The Bertz CT molecular complexity index is 300. The van der Waals surface area contributed by atoms with Crippen molar-refractivity contribution < 1.29 is 0 Å². The third-order valence-electron chi connectivity index (χ3n) is 2.08. The summed E-state index contributed by atoms with van der Waals surface area (Å²) < 4.78 is 2.00. The van der Waals surface area contributed by atoms with Crippen molar-refractivity contribution in [3.8, 4) is 0 Å². The van der Waals surface area contributed by atoms with Crippen molar-refractivity contribution in [2.24, 2.45) is 5.92 Å². The number of aromatic nitrogens is 2. The highest BCUT2D eigenvalue weighted by Crippen LogP contribution is 2.04. The van der Waals surface area contributed by atoms with Crippen molar-refractivity contribution in [3.63, 3.8) is 0 Å². The maximum atomic E-state index is 4.31. The lowest BCUT2D eigenvalue weighted by Gasteiger charge is -2.02. The lowest BCUT2D eigenvalue weighted by atomic mass is 10.2. The lowest BCUT2D eigenvalue weighted by molar-refractivity contribution is 0.483. The third-order valence-corrected chi connectivity index (χ3v) is 2.08. The number of hydrogen-bond donors (Lipinski definition) is 1. The number of rotatable bonds is 6. The molecular formula is C12H21N3. The van der Waals surface area contributed by atoms with E-state index in [1.165, 1.54) is 5.56 Å². The monoisotopic (exact) mass is 207 g/mol. The van der Waals surface area contributed by atoms with Crippen molar-refractivity contribution in [2.75, 3.05) is 13.6 Å². The normalized spacial score (nSPS) is 11.7. The van der Waals surface area contributed by atoms with Crippen LogP contribution in [0.3, 0.4) is 0 Å². The summed E-state index contributed by atoms with van der Waals surface area (Å²) in [5.74, 6) is 0.644. The molecule has 0 aliphatic carbocycles. The van der Waals surface area contributed by atoms with Crippen LogP contribution in [0.5, 0.6) is 0 Å². The summed E-state index contributed by atoms with van der Waals surface area (Å²) in [4.78, 5) is 0. The molecule has 0 saturated carbocycles. The topological polar surface area (TPSA) is 29.9 Å². The van der Waals surface area contributed by atoms with E-state index in [1.54, 1.807) is 0 Å². The molecule has 0 radical (unpaired) electrons. The van der Waals surface area contributed by atoms with Crippen molar-refractivity contribution in [3.05, 3.63) is 24.0 Å². The van der Waals surface area contributed by atoms with Gasteiger partial charge in [-0.3, -0.25) is 4.68 Å². The van der Waals surface area contributed by atoms with Crippen LogP contribution in [0.4, 0.5) is 0 Å². The fourth-order valence-corrected chi connectivity index (χ4v) is 1.39. The Hall–Kier alpha value is -1.09. The second-order valence-electron chi connectivity index (χ2n) is 4.18. The minimum absolute atomic E-state index is 0.644. The van der Waals surface area contributed by atoms with Crippen LogP contribution in [0.1, 0.15) is 25.8 Å². The first kappa shape index (κ1) is 12.0. The molecule has 0 aliphatic heterocycles. The van der Waals surface area contributed by atoms with Gasteiger partial charge >= 0.3 is 0 Å². The van der Waals surface area contributed by atoms with Crippen molar-refractivity contribution in [1.29, 1.82) is 0 Å². The molecule has 15 heavy (non-hydrogen) atoms. The molecule has 0 spiro atoms. The second-order valence-corrected chi connectivity index (χ2v) is 4.18. The number of hydrogen-bond acceptors (Lipinski definition) is 2. The Kier molecular flexibility index (Phi) is 5.12. The quantitative estimate of drug-likeness (QED) is 0.724. The van der Waals surface area contributed by atoms with Crippen LogP contribution < -0.4 is 5.32 Å². The molecule has 0 aromatic carbocycles. The molecule has 3 nitrogen and oxygen atoms in total. The Morgan fingerprint density at radius 2 is 2.33 bits per heavy atom. The van der Waals surface area contributed by atoms with E-state index in [2.05, 4.69) is 42.6 Å². The Labute approximate surface area is 92.2 Å². The van der Waals surface area contributed by atoms with Gasteiger partial charge in [-0.25, -0.2) is 0 Å². The summed E-state index contributed by atoms with van der Waals surface area (Å²) in [6.07, 6.45) is 9.37. The average molecular weight is 207 g/mol. The molecule has 0 atom stereocenters. The molecule has 1 N–H and O–H groups in total. The van der Waals surface area contributed by atoms with Crippen molar-refractivity contribution in [1.82, 2.24) is 15.1 Å². The Morgan fingerprint density at radius 3 is 3.00 bits per heavy atom. The van der Waals surface area contributed by atoms with Gasteiger partial charge in [0, 0.05) is 18.3 Å². The third kappa shape index (κ3) is 4.79. The summed E-state index contributed by atoms with van der Waals surface area (Å²) in [7, 11) is 1.97. The first-order valence-electron chi connectivity index (χ1n) is 5.56. The maximum absolute atomic E-state index is 4.31. The summed E-state index contributed by atoms with van der Waals surface area (Å²) in [6.45, 7) is 6.41. The molecule has 0 saturated heterocycles. The first-order valence-corrected chi connectivity index (χ1v) is 5.56. The summed E-state index contributed by atoms with van der Waals surface area (Å²) in [6, 6.07) is 0. The molecule has 1 aromatic rings. The van der Waals surface area contributed by atoms with Crippen molar-refractivity contribution in [2.45, 2.75) is 26.8 Å². The largest absolute Gasteiger partial charge is 0.319 e. The molecule has 0 bridgehead atoms. The summed E-state index contributed by atoms with van der Waals surface area (Å²) in [5.41, 5.74) is 1.19. The fraction of sp³-hybridized carbons (Fsp3) is 0.583. The highest BCUT2D eigenvalue weighted by Gasteiger charge is 1.97. The van der Waals surface area contributed by atoms with Crippen LogP contribution in [0.2, 0.25) is 0 Å². The van der Waals surface area contributed by atoms with E-state index < -0.39 is 0 Å². The van der Waals surface area contributed by atoms with E-state index in [4.69, 9.17) is 0 Å². The molecule has 0 aliphatic rings. The summed E-state index contributed by atoms with van der Waals surface area (Å²) in [5, 5.41) is 7.42. The summed E-state index contributed by atoms with van der Waals surface area (Å²) >= 11 is 0. The highest BCUT2D eigenvalue weighted by molar-refractivity contribution is 5.46. The molecule has 1 rings (SSSR count). The van der Waals surface area contributed by atoms with E-state index in [9.17, 15) is 0 Å². The second kappa shape index (κ2) is 6.40. The van der Waals surface area contributed by atoms with Gasteiger partial charge in [-0.1, -0.05) is 26.0 Å². The zero-order chi connectivity index (χ0) is 11.1. The smallest absolute Gasteiger partial charge is 0.0562 e. The van der Waals surface area contributed by atoms with Crippen LogP contribution in [0.15, 0.2) is 18.5 Å². The molecular weight excluding hydrogens is 186 g/mol. The molecule has 1 aromatic heterocycles. The molecule has 1 heterocycles. The predicted molar refractivity (Wildman–Crippen MR) is 64.6 cm³/mol. The van der Waals surface area contributed by atoms with Gasteiger partial charge < -0.3 is 5.32 Å². The SMILES string of the molecule is CNCCC=Cc1cnn(CC(C)C)c1. The maximum Gasteiger partial charge on any atom is 0.0562 e. The van der Waals surface area contributed by atoms with E-state index in [0.717, 1.165) is 19.5 Å². The zero-order valence-electron chi connectivity index (χ0n) is 9.90. The molecule has 0 amide bonds.